The summed E-state index contributed by atoms with van der Waals surface area (Å²) in [5.74, 6) is -0.122. The van der Waals surface area contributed by atoms with Gasteiger partial charge in [-0.15, -0.1) is 0 Å². The van der Waals surface area contributed by atoms with Gasteiger partial charge in [0, 0.05) is 19.2 Å². The number of alkyl halides is 3. The lowest BCUT2D eigenvalue weighted by atomic mass is 9.90. The van der Waals surface area contributed by atoms with Gasteiger partial charge in [-0.3, -0.25) is 19.8 Å². The fraction of sp³-hybridized carbons (Fsp3) is 0.444. The molecule has 1 aromatic carbocycles. The Kier molecular flexibility index (Phi) is 5.20. The molecular weight excluding hydrogens is 347 g/mol. The van der Waals surface area contributed by atoms with Gasteiger partial charge in [0.25, 0.3) is 11.5 Å². The summed E-state index contributed by atoms with van der Waals surface area (Å²) in [4.78, 5) is 25.2. The number of hydrogen-bond donors (Lipinski definition) is 2. The lowest BCUT2D eigenvalue weighted by molar-refractivity contribution is -0.138. The molecule has 1 unspecified atom stereocenters. The monoisotopic (exact) mass is 367 g/mol. The van der Waals surface area contributed by atoms with Crippen molar-refractivity contribution in [2.75, 3.05) is 13.1 Å². The van der Waals surface area contributed by atoms with E-state index < -0.39 is 11.7 Å². The van der Waals surface area contributed by atoms with Crippen LogP contribution in [0.1, 0.15) is 40.9 Å². The predicted molar refractivity (Wildman–Crippen MR) is 89.8 cm³/mol. The number of nitrogens with zero attached hydrogens (tertiary/aromatic N) is 1. The Morgan fingerprint density at radius 2 is 2.00 bits per heavy atom. The molecule has 1 aromatic heterocycles. The molecule has 0 bridgehead atoms. The highest BCUT2D eigenvalue weighted by Gasteiger charge is 2.33. The standard InChI is InChI=1S/C18H20F3N3O2/c19-18(20,21)14-6-2-1-5-13(14)8-7-12-4-3-9-24(11-12)17(26)15-10-16(25)23-22-15/h1-2,5-6,10,12H,3-4,7-9,11H2,(H2,22,23,25). The van der Waals surface area contributed by atoms with E-state index in [1.807, 2.05) is 0 Å². The number of hydrogen-bond acceptors (Lipinski definition) is 2. The number of carbonyl (C=O) groups is 1. The van der Waals surface area contributed by atoms with Crippen LogP contribution in [-0.2, 0) is 12.6 Å². The average Bonchev–Trinajstić information content (AvgIpc) is 3.05. The second kappa shape index (κ2) is 7.39. The van der Waals surface area contributed by atoms with Crippen LogP contribution in [-0.4, -0.2) is 34.1 Å². The van der Waals surface area contributed by atoms with E-state index in [0.29, 0.717) is 31.5 Å². The highest BCUT2D eigenvalue weighted by Crippen LogP contribution is 2.33. The maximum atomic E-state index is 13.1. The molecule has 2 heterocycles. The van der Waals surface area contributed by atoms with Gasteiger partial charge in [-0.1, -0.05) is 18.2 Å². The van der Waals surface area contributed by atoms with Crippen molar-refractivity contribution in [1.82, 2.24) is 15.1 Å². The third-order valence-corrected chi connectivity index (χ3v) is 4.78. The van der Waals surface area contributed by atoms with Gasteiger partial charge < -0.3 is 4.90 Å². The number of benzene rings is 1. The number of rotatable bonds is 4. The zero-order chi connectivity index (χ0) is 18.7. The van der Waals surface area contributed by atoms with Crippen molar-refractivity contribution in [3.63, 3.8) is 0 Å². The van der Waals surface area contributed by atoms with E-state index in [0.717, 1.165) is 18.9 Å². The first-order chi connectivity index (χ1) is 12.3. The van der Waals surface area contributed by atoms with Gasteiger partial charge in [-0.05, 0) is 43.2 Å². The van der Waals surface area contributed by atoms with Crippen LogP contribution in [0.2, 0.25) is 0 Å². The Morgan fingerprint density at radius 1 is 1.23 bits per heavy atom. The number of aryl methyl sites for hydroxylation is 1. The fourth-order valence-electron chi connectivity index (χ4n) is 3.48. The quantitative estimate of drug-likeness (QED) is 0.871. The van der Waals surface area contributed by atoms with Gasteiger partial charge in [0.1, 0.15) is 5.69 Å². The lowest BCUT2D eigenvalue weighted by Gasteiger charge is -2.32. The summed E-state index contributed by atoms with van der Waals surface area (Å²) < 4.78 is 39.3. The first-order valence-electron chi connectivity index (χ1n) is 8.56. The average molecular weight is 367 g/mol. The minimum atomic E-state index is -4.36. The minimum Gasteiger partial charge on any atom is -0.337 e. The molecule has 1 aliphatic heterocycles. The van der Waals surface area contributed by atoms with Crippen molar-refractivity contribution >= 4 is 5.91 Å². The van der Waals surface area contributed by atoms with Crippen molar-refractivity contribution in [3.8, 4) is 0 Å². The smallest absolute Gasteiger partial charge is 0.337 e. The van der Waals surface area contributed by atoms with E-state index in [4.69, 9.17) is 0 Å². The van der Waals surface area contributed by atoms with E-state index >= 15 is 0 Å². The van der Waals surface area contributed by atoms with Crippen molar-refractivity contribution in [2.24, 2.45) is 5.92 Å². The van der Waals surface area contributed by atoms with Crippen LogP contribution in [0.5, 0.6) is 0 Å². The third-order valence-electron chi connectivity index (χ3n) is 4.78. The zero-order valence-electron chi connectivity index (χ0n) is 14.1. The van der Waals surface area contributed by atoms with Crippen molar-refractivity contribution in [2.45, 2.75) is 31.9 Å². The molecule has 140 valence electrons. The molecule has 1 atom stereocenters. The van der Waals surface area contributed by atoms with Gasteiger partial charge in [0.15, 0.2) is 0 Å². The first kappa shape index (κ1) is 18.3. The van der Waals surface area contributed by atoms with Crippen LogP contribution in [0, 0.1) is 5.92 Å². The van der Waals surface area contributed by atoms with Crippen LogP contribution < -0.4 is 5.56 Å². The molecule has 2 N–H and O–H groups in total. The van der Waals surface area contributed by atoms with E-state index in [1.54, 1.807) is 11.0 Å². The lowest BCUT2D eigenvalue weighted by Crippen LogP contribution is -2.40. The number of carbonyl (C=O) groups excluding carboxylic acids is 1. The van der Waals surface area contributed by atoms with Crippen LogP contribution in [0.25, 0.3) is 0 Å². The van der Waals surface area contributed by atoms with Crippen LogP contribution in [0.4, 0.5) is 13.2 Å². The van der Waals surface area contributed by atoms with Gasteiger partial charge in [0.2, 0.25) is 0 Å². The number of likely N-dealkylation sites (tertiary alicyclic amines) is 1. The number of H-pyrrole nitrogens is 2. The predicted octanol–water partition coefficient (Wildman–Crippen LogP) is 3.21. The number of aromatic amines is 2. The first-order valence-corrected chi connectivity index (χ1v) is 8.56. The van der Waals surface area contributed by atoms with Gasteiger partial charge in [-0.2, -0.15) is 13.2 Å². The zero-order valence-corrected chi connectivity index (χ0v) is 14.1. The Morgan fingerprint density at radius 3 is 2.69 bits per heavy atom. The molecule has 8 heteroatoms. The Hall–Kier alpha value is -2.51. The van der Waals surface area contributed by atoms with Crippen LogP contribution in [0.15, 0.2) is 35.1 Å². The molecule has 3 rings (SSSR count). The highest BCUT2D eigenvalue weighted by atomic mass is 19.4. The van der Waals surface area contributed by atoms with E-state index in [9.17, 15) is 22.8 Å². The van der Waals surface area contributed by atoms with E-state index in [1.165, 1.54) is 18.2 Å². The summed E-state index contributed by atoms with van der Waals surface area (Å²) in [6.07, 6.45) is -1.77. The summed E-state index contributed by atoms with van der Waals surface area (Å²) in [5, 5.41) is 4.88. The maximum Gasteiger partial charge on any atom is 0.416 e. The summed E-state index contributed by atoms with van der Waals surface area (Å²) in [6, 6.07) is 6.84. The molecule has 1 saturated heterocycles. The molecule has 0 aliphatic carbocycles. The van der Waals surface area contributed by atoms with Gasteiger partial charge in [-0.25, -0.2) is 0 Å². The topological polar surface area (TPSA) is 69.0 Å². The molecule has 0 spiro atoms. The van der Waals surface area contributed by atoms with Crippen molar-refractivity contribution in [1.29, 1.82) is 0 Å². The molecular formula is C18H20F3N3O2. The molecule has 5 nitrogen and oxygen atoms in total. The Bertz CT molecular complexity index is 825. The SMILES string of the molecule is O=C(c1cc(=O)[nH][nH]1)N1CCCC(CCc2ccccc2C(F)(F)F)C1. The molecule has 0 saturated carbocycles. The van der Waals surface area contributed by atoms with Gasteiger partial charge >= 0.3 is 6.18 Å². The fourth-order valence-corrected chi connectivity index (χ4v) is 3.48. The van der Waals surface area contributed by atoms with E-state index in [-0.39, 0.29) is 23.1 Å². The number of nitrogens with one attached hydrogen (secondary N) is 2. The maximum absolute atomic E-state index is 13.1. The number of halogens is 3. The number of piperidine rings is 1. The molecule has 26 heavy (non-hydrogen) atoms. The molecule has 1 fully saturated rings. The molecule has 0 radical (unpaired) electrons. The van der Waals surface area contributed by atoms with Crippen LogP contribution in [0.3, 0.4) is 0 Å². The highest BCUT2D eigenvalue weighted by molar-refractivity contribution is 5.92. The Labute approximate surface area is 148 Å². The van der Waals surface area contributed by atoms with Crippen LogP contribution >= 0.6 is 0 Å². The summed E-state index contributed by atoms with van der Waals surface area (Å²) in [6.45, 7) is 1.07. The second-order valence-electron chi connectivity index (χ2n) is 6.63. The third kappa shape index (κ3) is 4.17. The summed E-state index contributed by atoms with van der Waals surface area (Å²) in [7, 11) is 0. The van der Waals surface area contributed by atoms with Crippen molar-refractivity contribution < 1.29 is 18.0 Å². The second-order valence-corrected chi connectivity index (χ2v) is 6.63. The minimum absolute atomic E-state index is 0.139. The normalized spacial score (nSPS) is 18.1. The molecule has 1 aliphatic rings. The number of aromatic nitrogens is 2. The summed E-state index contributed by atoms with van der Waals surface area (Å²) >= 11 is 0. The molecule has 2 aromatic rings. The van der Waals surface area contributed by atoms with Crippen molar-refractivity contribution in [3.05, 3.63) is 57.5 Å². The Balaban J connectivity index is 1.63. The van der Waals surface area contributed by atoms with Gasteiger partial charge in [0.05, 0.1) is 5.56 Å². The number of amides is 1. The molecule has 1 amide bonds. The summed E-state index contributed by atoms with van der Waals surface area (Å²) in [5.41, 5.74) is -0.462. The van der Waals surface area contributed by atoms with E-state index in [2.05, 4.69) is 10.2 Å². The largest absolute Gasteiger partial charge is 0.416 e.